The van der Waals surface area contributed by atoms with Crippen molar-refractivity contribution < 1.29 is 5.11 Å². The molecule has 0 aromatic heterocycles. The molecule has 1 aliphatic rings. The first kappa shape index (κ1) is 9.01. The van der Waals surface area contributed by atoms with Crippen molar-refractivity contribution in [3.05, 3.63) is 0 Å². The van der Waals surface area contributed by atoms with Crippen molar-refractivity contribution in [1.82, 2.24) is 4.90 Å². The van der Waals surface area contributed by atoms with Crippen molar-refractivity contribution >= 4 is 0 Å². The van der Waals surface area contributed by atoms with E-state index in [2.05, 4.69) is 11.8 Å². The molecule has 1 heterocycles. The first-order valence-electron chi connectivity index (χ1n) is 4.66. The summed E-state index contributed by atoms with van der Waals surface area (Å²) in [5.74, 6) is 0. The standard InChI is InChI=1S/C9H19NO/c1-3-9(11)5-7-10-6-4-8(10)2/h8-9,11H,3-7H2,1-2H3. The van der Waals surface area contributed by atoms with Crippen molar-refractivity contribution in [2.24, 2.45) is 0 Å². The van der Waals surface area contributed by atoms with Gasteiger partial charge in [-0.25, -0.2) is 0 Å². The van der Waals surface area contributed by atoms with Crippen LogP contribution in [0.5, 0.6) is 0 Å². The molecule has 0 saturated carbocycles. The summed E-state index contributed by atoms with van der Waals surface area (Å²) in [4.78, 5) is 2.43. The highest BCUT2D eigenvalue weighted by Crippen LogP contribution is 2.16. The van der Waals surface area contributed by atoms with E-state index in [9.17, 15) is 5.11 Å². The van der Waals surface area contributed by atoms with Crippen LogP contribution in [-0.2, 0) is 0 Å². The van der Waals surface area contributed by atoms with Crippen LogP contribution >= 0.6 is 0 Å². The van der Waals surface area contributed by atoms with Gasteiger partial charge in [0.15, 0.2) is 0 Å². The number of rotatable bonds is 4. The lowest BCUT2D eigenvalue weighted by Gasteiger charge is -2.39. The van der Waals surface area contributed by atoms with Gasteiger partial charge in [-0.3, -0.25) is 0 Å². The van der Waals surface area contributed by atoms with Crippen molar-refractivity contribution in [2.45, 2.75) is 45.3 Å². The third-order valence-electron chi connectivity index (χ3n) is 2.68. The molecule has 1 fully saturated rings. The minimum Gasteiger partial charge on any atom is -0.393 e. The number of likely N-dealkylation sites (tertiary alicyclic amines) is 1. The first-order valence-corrected chi connectivity index (χ1v) is 4.66. The molecule has 1 aliphatic heterocycles. The third-order valence-corrected chi connectivity index (χ3v) is 2.68. The average molecular weight is 157 g/mol. The molecule has 11 heavy (non-hydrogen) atoms. The van der Waals surface area contributed by atoms with Crippen LogP contribution in [0.3, 0.4) is 0 Å². The normalized spacial score (nSPS) is 28.1. The van der Waals surface area contributed by atoms with E-state index in [1.54, 1.807) is 0 Å². The second-order valence-electron chi connectivity index (χ2n) is 3.52. The molecule has 2 heteroatoms. The molecule has 1 N–H and O–H groups in total. The minimum absolute atomic E-state index is 0.0807. The predicted octanol–water partition coefficient (Wildman–Crippen LogP) is 1.24. The predicted molar refractivity (Wildman–Crippen MR) is 46.6 cm³/mol. The van der Waals surface area contributed by atoms with Gasteiger partial charge in [0.05, 0.1) is 6.10 Å². The zero-order chi connectivity index (χ0) is 8.27. The van der Waals surface area contributed by atoms with E-state index in [0.717, 1.165) is 25.4 Å². The van der Waals surface area contributed by atoms with Crippen LogP contribution in [0, 0.1) is 0 Å². The molecule has 0 aliphatic carbocycles. The fraction of sp³-hybridized carbons (Fsp3) is 1.00. The summed E-state index contributed by atoms with van der Waals surface area (Å²) in [6.45, 7) is 6.60. The maximum absolute atomic E-state index is 9.29. The second kappa shape index (κ2) is 4.07. The fourth-order valence-corrected chi connectivity index (χ4v) is 1.42. The van der Waals surface area contributed by atoms with Gasteiger partial charge in [0.25, 0.3) is 0 Å². The van der Waals surface area contributed by atoms with Crippen LogP contribution in [0.25, 0.3) is 0 Å². The van der Waals surface area contributed by atoms with Gasteiger partial charge < -0.3 is 10.0 Å². The smallest absolute Gasteiger partial charge is 0.0549 e. The Morgan fingerprint density at radius 3 is 2.73 bits per heavy atom. The molecule has 1 rings (SSSR count). The molecule has 0 aromatic carbocycles. The van der Waals surface area contributed by atoms with Crippen LogP contribution in [0.2, 0.25) is 0 Å². The maximum atomic E-state index is 9.29. The van der Waals surface area contributed by atoms with E-state index in [1.807, 2.05) is 6.92 Å². The molecule has 0 spiro atoms. The Bertz CT molecular complexity index is 116. The average Bonchev–Trinajstić information content (AvgIpc) is 2.01. The fourth-order valence-electron chi connectivity index (χ4n) is 1.42. The van der Waals surface area contributed by atoms with Crippen molar-refractivity contribution in [2.75, 3.05) is 13.1 Å². The molecule has 0 amide bonds. The monoisotopic (exact) mass is 157 g/mol. The molecule has 66 valence electrons. The van der Waals surface area contributed by atoms with E-state index in [0.29, 0.717) is 0 Å². The number of hydrogen-bond acceptors (Lipinski definition) is 2. The van der Waals surface area contributed by atoms with Gasteiger partial charge in [-0.2, -0.15) is 0 Å². The van der Waals surface area contributed by atoms with Gasteiger partial charge >= 0.3 is 0 Å². The van der Waals surface area contributed by atoms with Crippen LogP contribution < -0.4 is 0 Å². The van der Waals surface area contributed by atoms with Gasteiger partial charge in [0.2, 0.25) is 0 Å². The van der Waals surface area contributed by atoms with Gasteiger partial charge in [0.1, 0.15) is 0 Å². The van der Waals surface area contributed by atoms with Crippen LogP contribution in [-0.4, -0.2) is 35.2 Å². The minimum atomic E-state index is -0.0807. The second-order valence-corrected chi connectivity index (χ2v) is 3.52. The van der Waals surface area contributed by atoms with Crippen LogP contribution in [0.4, 0.5) is 0 Å². The summed E-state index contributed by atoms with van der Waals surface area (Å²) >= 11 is 0. The SMILES string of the molecule is CCC(O)CCN1CCC1C. The van der Waals surface area contributed by atoms with Crippen LogP contribution in [0.1, 0.15) is 33.1 Å². The van der Waals surface area contributed by atoms with Gasteiger partial charge in [-0.1, -0.05) is 6.92 Å². The molecule has 2 atom stereocenters. The Morgan fingerprint density at radius 2 is 2.36 bits per heavy atom. The zero-order valence-corrected chi connectivity index (χ0v) is 7.58. The highest BCUT2D eigenvalue weighted by molar-refractivity contribution is 4.78. The molecule has 0 radical (unpaired) electrons. The number of hydrogen-bond donors (Lipinski definition) is 1. The van der Waals surface area contributed by atoms with Crippen molar-refractivity contribution in [3.63, 3.8) is 0 Å². The van der Waals surface area contributed by atoms with E-state index in [1.165, 1.54) is 13.0 Å². The summed E-state index contributed by atoms with van der Waals surface area (Å²) in [6, 6.07) is 0.763. The Labute approximate surface area is 69.2 Å². The van der Waals surface area contributed by atoms with Crippen molar-refractivity contribution in [3.8, 4) is 0 Å². The van der Waals surface area contributed by atoms with E-state index < -0.39 is 0 Å². The van der Waals surface area contributed by atoms with Crippen molar-refractivity contribution in [1.29, 1.82) is 0 Å². The summed E-state index contributed by atoms with van der Waals surface area (Å²) in [5.41, 5.74) is 0. The first-order chi connectivity index (χ1) is 5.24. The molecule has 2 nitrogen and oxygen atoms in total. The Hall–Kier alpha value is -0.0800. The molecule has 0 bridgehead atoms. The summed E-state index contributed by atoms with van der Waals surface area (Å²) in [7, 11) is 0. The lowest BCUT2D eigenvalue weighted by Crippen LogP contribution is -2.46. The number of aliphatic hydroxyl groups is 1. The van der Waals surface area contributed by atoms with Gasteiger partial charge in [-0.15, -0.1) is 0 Å². The van der Waals surface area contributed by atoms with Crippen LogP contribution in [0.15, 0.2) is 0 Å². The Balaban J connectivity index is 2.02. The topological polar surface area (TPSA) is 23.5 Å². The zero-order valence-electron chi connectivity index (χ0n) is 7.58. The molecule has 1 saturated heterocycles. The summed E-state index contributed by atoms with van der Waals surface area (Å²) in [6.07, 6.45) is 3.09. The summed E-state index contributed by atoms with van der Waals surface area (Å²) < 4.78 is 0. The third kappa shape index (κ3) is 2.46. The van der Waals surface area contributed by atoms with E-state index >= 15 is 0 Å². The summed E-state index contributed by atoms with van der Waals surface area (Å²) in [5, 5.41) is 9.29. The largest absolute Gasteiger partial charge is 0.393 e. The molecule has 0 aromatic rings. The maximum Gasteiger partial charge on any atom is 0.0549 e. The number of nitrogens with zero attached hydrogens (tertiary/aromatic N) is 1. The van der Waals surface area contributed by atoms with Gasteiger partial charge in [0, 0.05) is 12.6 Å². The Morgan fingerprint density at radius 1 is 1.64 bits per heavy atom. The molecule has 2 unspecified atom stereocenters. The number of aliphatic hydroxyl groups excluding tert-OH is 1. The molecular formula is C9H19NO. The lowest BCUT2D eigenvalue weighted by molar-refractivity contribution is 0.0731. The Kier molecular flexibility index (Phi) is 3.34. The van der Waals surface area contributed by atoms with E-state index in [-0.39, 0.29) is 6.10 Å². The highest BCUT2D eigenvalue weighted by atomic mass is 16.3. The van der Waals surface area contributed by atoms with Gasteiger partial charge in [-0.05, 0) is 32.7 Å². The lowest BCUT2D eigenvalue weighted by atomic mass is 10.0. The van der Waals surface area contributed by atoms with E-state index in [4.69, 9.17) is 0 Å². The molecular weight excluding hydrogens is 138 g/mol. The quantitative estimate of drug-likeness (QED) is 0.663. The highest BCUT2D eigenvalue weighted by Gasteiger charge is 2.22.